The van der Waals surface area contributed by atoms with Gasteiger partial charge in [-0.05, 0) is 44.1 Å². The normalized spacial score (nSPS) is 19.1. The smallest absolute Gasteiger partial charge is 0.254 e. The van der Waals surface area contributed by atoms with Gasteiger partial charge >= 0.3 is 0 Å². The van der Waals surface area contributed by atoms with Gasteiger partial charge in [-0.3, -0.25) is 24.2 Å². The number of carbonyl (C=O) groups is 3. The highest BCUT2D eigenvalue weighted by Crippen LogP contribution is 2.38. The molecule has 2 aliphatic heterocycles. The molecule has 3 amide bonds. The van der Waals surface area contributed by atoms with Crippen LogP contribution in [0.2, 0.25) is 0 Å². The average molecular weight is 492 g/mol. The zero-order valence-electron chi connectivity index (χ0n) is 20.2. The van der Waals surface area contributed by atoms with E-state index in [0.29, 0.717) is 36.8 Å². The number of nitrogens with one attached hydrogen (secondary N) is 2. The summed E-state index contributed by atoms with van der Waals surface area (Å²) in [6, 6.07) is 0. The van der Waals surface area contributed by atoms with Crippen molar-refractivity contribution in [2.75, 3.05) is 77.9 Å². The number of ether oxygens (including phenoxy) is 1. The summed E-state index contributed by atoms with van der Waals surface area (Å²) in [5.41, 5.74) is 1.73. The summed E-state index contributed by atoms with van der Waals surface area (Å²) >= 11 is 1.55. The molecule has 1 aromatic heterocycles. The number of nitrogens with zero attached hydrogens (tertiary/aromatic N) is 3. The van der Waals surface area contributed by atoms with Gasteiger partial charge in [-0.2, -0.15) is 0 Å². The van der Waals surface area contributed by atoms with Crippen LogP contribution in [0.4, 0.5) is 5.00 Å². The van der Waals surface area contributed by atoms with Crippen molar-refractivity contribution in [3.05, 3.63) is 16.0 Å². The first kappa shape index (κ1) is 25.1. The second-order valence-electron chi connectivity index (χ2n) is 9.35. The van der Waals surface area contributed by atoms with Gasteiger partial charge in [0.25, 0.3) is 5.91 Å². The predicted molar refractivity (Wildman–Crippen MR) is 132 cm³/mol. The molecule has 0 bridgehead atoms. The van der Waals surface area contributed by atoms with Gasteiger partial charge < -0.3 is 20.3 Å². The minimum absolute atomic E-state index is 0.0915. The molecule has 0 atom stereocenters. The van der Waals surface area contributed by atoms with Crippen molar-refractivity contribution in [1.82, 2.24) is 20.0 Å². The molecule has 34 heavy (non-hydrogen) atoms. The molecular formula is C24H37N5O4S. The Labute approximate surface area is 205 Å². The van der Waals surface area contributed by atoms with Gasteiger partial charge in [-0.25, -0.2) is 0 Å². The summed E-state index contributed by atoms with van der Waals surface area (Å²) in [5, 5.41) is 6.62. The van der Waals surface area contributed by atoms with Crippen LogP contribution in [0.25, 0.3) is 0 Å². The fourth-order valence-corrected chi connectivity index (χ4v) is 6.28. The van der Waals surface area contributed by atoms with E-state index in [1.807, 2.05) is 4.90 Å². The van der Waals surface area contributed by atoms with Crippen LogP contribution in [-0.4, -0.2) is 105 Å². The third-order valence-electron chi connectivity index (χ3n) is 6.89. The average Bonchev–Trinajstić information content (AvgIpc) is 3.48. The maximum Gasteiger partial charge on any atom is 0.254 e. The van der Waals surface area contributed by atoms with E-state index in [1.54, 1.807) is 18.4 Å². The molecule has 1 aromatic rings. The molecular weight excluding hydrogens is 454 g/mol. The maximum atomic E-state index is 12.9. The molecule has 0 spiro atoms. The van der Waals surface area contributed by atoms with Crippen LogP contribution >= 0.6 is 11.3 Å². The number of rotatable bonds is 9. The number of carbonyl (C=O) groups excluding carboxylic acids is 3. The summed E-state index contributed by atoms with van der Waals surface area (Å²) in [7, 11) is 1.61. The molecule has 188 valence electrons. The van der Waals surface area contributed by atoms with Gasteiger partial charge in [0.2, 0.25) is 11.8 Å². The highest BCUT2D eigenvalue weighted by atomic mass is 32.1. The Balaban J connectivity index is 1.29. The van der Waals surface area contributed by atoms with E-state index in [1.165, 1.54) is 4.88 Å². The summed E-state index contributed by atoms with van der Waals surface area (Å²) in [6.07, 6.45) is 6.26. The van der Waals surface area contributed by atoms with Crippen LogP contribution in [0, 0.1) is 0 Å². The molecule has 9 nitrogen and oxygen atoms in total. The quantitative estimate of drug-likeness (QED) is 0.504. The molecule has 2 fully saturated rings. The lowest BCUT2D eigenvalue weighted by atomic mass is 9.95. The van der Waals surface area contributed by atoms with Crippen LogP contribution < -0.4 is 10.6 Å². The second kappa shape index (κ2) is 12.1. The lowest BCUT2D eigenvalue weighted by Crippen LogP contribution is -2.51. The van der Waals surface area contributed by atoms with Crippen molar-refractivity contribution in [2.24, 2.45) is 0 Å². The van der Waals surface area contributed by atoms with Crippen molar-refractivity contribution >= 4 is 34.1 Å². The third kappa shape index (κ3) is 6.35. The topological polar surface area (TPSA) is 94.2 Å². The van der Waals surface area contributed by atoms with Gasteiger partial charge in [0.1, 0.15) is 5.00 Å². The number of methoxy groups -OCH3 is 1. The zero-order chi connectivity index (χ0) is 23.9. The van der Waals surface area contributed by atoms with Crippen molar-refractivity contribution in [3.8, 4) is 0 Å². The summed E-state index contributed by atoms with van der Waals surface area (Å²) in [5.74, 6) is -0.00386. The number of piperazine rings is 1. The Kier molecular flexibility index (Phi) is 8.93. The van der Waals surface area contributed by atoms with E-state index in [2.05, 4.69) is 20.4 Å². The standard InChI is InChI=1S/C24H37N5O4S/c1-33-15-8-25-23(32)22-18-6-2-3-7-19(18)34-24(22)26-20(30)16-27-11-13-28(14-12-27)17-21(31)29-9-4-5-10-29/h2-17H2,1H3,(H,25,32)(H,26,30). The number of thiophene rings is 1. The van der Waals surface area contributed by atoms with Gasteiger partial charge in [0, 0.05) is 57.8 Å². The highest BCUT2D eigenvalue weighted by Gasteiger charge is 2.28. The SMILES string of the molecule is COCCNC(=O)c1c(NC(=O)CN2CCN(CC(=O)N3CCCC3)CC2)sc2c1CCCC2. The number of anilines is 1. The van der Waals surface area contributed by atoms with Crippen LogP contribution in [0.3, 0.4) is 0 Å². The van der Waals surface area contributed by atoms with Crippen LogP contribution in [0.1, 0.15) is 46.5 Å². The van der Waals surface area contributed by atoms with Crippen LogP contribution in [-0.2, 0) is 27.2 Å². The Hall–Kier alpha value is -2.01. The first-order valence-electron chi connectivity index (χ1n) is 12.5. The van der Waals surface area contributed by atoms with Crippen molar-refractivity contribution < 1.29 is 19.1 Å². The summed E-state index contributed by atoms with van der Waals surface area (Å²) in [4.78, 5) is 45.7. The first-order valence-corrected chi connectivity index (χ1v) is 13.3. The fraction of sp³-hybridized carbons (Fsp3) is 0.708. The second-order valence-corrected chi connectivity index (χ2v) is 10.5. The molecule has 0 unspecified atom stereocenters. The van der Waals surface area contributed by atoms with Crippen molar-refractivity contribution in [1.29, 1.82) is 0 Å². The number of likely N-dealkylation sites (tertiary alicyclic amines) is 1. The number of fused-ring (bicyclic) bond motifs is 1. The van der Waals surface area contributed by atoms with E-state index in [-0.39, 0.29) is 17.7 Å². The predicted octanol–water partition coefficient (Wildman–Crippen LogP) is 1.18. The molecule has 0 saturated carbocycles. The van der Waals surface area contributed by atoms with Crippen LogP contribution in [0.5, 0.6) is 0 Å². The minimum atomic E-state index is -0.136. The van der Waals surface area contributed by atoms with E-state index >= 15 is 0 Å². The van der Waals surface area contributed by atoms with Crippen LogP contribution in [0.15, 0.2) is 0 Å². The van der Waals surface area contributed by atoms with E-state index in [0.717, 1.165) is 83.4 Å². The largest absolute Gasteiger partial charge is 0.383 e. The van der Waals surface area contributed by atoms with Crippen molar-refractivity contribution in [2.45, 2.75) is 38.5 Å². The Morgan fingerprint density at radius 3 is 2.29 bits per heavy atom. The maximum absolute atomic E-state index is 12.9. The molecule has 3 aliphatic rings. The fourth-order valence-electron chi connectivity index (χ4n) is 4.98. The van der Waals surface area contributed by atoms with Crippen molar-refractivity contribution in [3.63, 3.8) is 0 Å². The van der Waals surface area contributed by atoms with Gasteiger partial charge in [0.15, 0.2) is 0 Å². The Morgan fingerprint density at radius 2 is 1.59 bits per heavy atom. The molecule has 0 radical (unpaired) electrons. The highest BCUT2D eigenvalue weighted by molar-refractivity contribution is 7.17. The lowest BCUT2D eigenvalue weighted by molar-refractivity contribution is -0.132. The number of aryl methyl sites for hydroxylation is 1. The molecule has 2 saturated heterocycles. The number of hydrogen-bond donors (Lipinski definition) is 2. The Morgan fingerprint density at radius 1 is 0.912 bits per heavy atom. The van der Waals surface area contributed by atoms with E-state index in [4.69, 9.17) is 4.74 Å². The van der Waals surface area contributed by atoms with E-state index < -0.39 is 0 Å². The summed E-state index contributed by atoms with van der Waals surface area (Å²) in [6.45, 7) is 6.52. The number of amides is 3. The molecule has 1 aliphatic carbocycles. The van der Waals surface area contributed by atoms with Gasteiger partial charge in [-0.15, -0.1) is 11.3 Å². The summed E-state index contributed by atoms with van der Waals surface area (Å²) < 4.78 is 5.04. The van der Waals surface area contributed by atoms with Gasteiger partial charge in [-0.1, -0.05) is 0 Å². The lowest BCUT2D eigenvalue weighted by Gasteiger charge is -2.34. The van der Waals surface area contributed by atoms with E-state index in [9.17, 15) is 14.4 Å². The Bertz CT molecular complexity index is 875. The monoisotopic (exact) mass is 491 g/mol. The minimum Gasteiger partial charge on any atom is -0.383 e. The number of hydrogen-bond acceptors (Lipinski definition) is 7. The molecule has 2 N–H and O–H groups in total. The molecule has 4 rings (SSSR count). The first-order chi connectivity index (χ1) is 16.5. The third-order valence-corrected chi connectivity index (χ3v) is 8.10. The molecule has 3 heterocycles. The zero-order valence-corrected chi connectivity index (χ0v) is 21.0. The molecule has 0 aromatic carbocycles. The van der Waals surface area contributed by atoms with Gasteiger partial charge in [0.05, 0.1) is 25.3 Å². The molecule has 10 heteroatoms.